The summed E-state index contributed by atoms with van der Waals surface area (Å²) in [5.41, 5.74) is 1.92. The molecular formula is C21H21FN4O3. The molecule has 7 nitrogen and oxygen atoms in total. The van der Waals surface area contributed by atoms with Crippen molar-refractivity contribution in [2.45, 2.75) is 19.3 Å². The monoisotopic (exact) mass is 396 g/mol. The molecule has 1 aliphatic heterocycles. The molecule has 1 aliphatic rings. The van der Waals surface area contributed by atoms with E-state index in [9.17, 15) is 19.1 Å². The molecule has 4 rings (SSSR count). The number of nitrogens with one attached hydrogen (secondary N) is 1. The van der Waals surface area contributed by atoms with Crippen LogP contribution in [0.1, 0.15) is 29.0 Å². The fourth-order valence-corrected chi connectivity index (χ4v) is 4.05. The summed E-state index contributed by atoms with van der Waals surface area (Å²) in [5.74, 6) is -0.922. The van der Waals surface area contributed by atoms with E-state index in [2.05, 4.69) is 15.0 Å². The molecule has 0 spiro atoms. The van der Waals surface area contributed by atoms with E-state index < -0.39 is 11.8 Å². The molecule has 150 valence electrons. The zero-order valence-electron chi connectivity index (χ0n) is 15.7. The van der Waals surface area contributed by atoms with Crippen LogP contribution in [-0.4, -0.2) is 49.9 Å². The summed E-state index contributed by atoms with van der Waals surface area (Å²) < 4.78 is 13.5. The Kier molecular flexibility index (Phi) is 5.24. The predicted octanol–water partition coefficient (Wildman–Crippen LogP) is 2.89. The summed E-state index contributed by atoms with van der Waals surface area (Å²) in [4.78, 5) is 37.7. The molecule has 1 amide bonds. The van der Waals surface area contributed by atoms with Gasteiger partial charge in [-0.2, -0.15) is 0 Å². The Morgan fingerprint density at radius 1 is 1.28 bits per heavy atom. The van der Waals surface area contributed by atoms with Gasteiger partial charge in [-0.05, 0) is 42.5 Å². The Morgan fingerprint density at radius 3 is 2.90 bits per heavy atom. The summed E-state index contributed by atoms with van der Waals surface area (Å²) >= 11 is 0. The molecule has 0 radical (unpaired) electrons. The average molecular weight is 396 g/mol. The normalized spacial score (nSPS) is 19.4. The lowest BCUT2D eigenvalue weighted by molar-refractivity contribution is -0.139. The van der Waals surface area contributed by atoms with Crippen molar-refractivity contribution in [3.63, 3.8) is 0 Å². The number of H-pyrrole nitrogens is 1. The summed E-state index contributed by atoms with van der Waals surface area (Å²) in [6.07, 6.45) is 4.52. The Bertz CT molecular complexity index is 1020. The van der Waals surface area contributed by atoms with Crippen LogP contribution in [0.25, 0.3) is 11.0 Å². The van der Waals surface area contributed by atoms with Crippen LogP contribution in [0.4, 0.5) is 4.39 Å². The molecule has 0 aliphatic carbocycles. The third kappa shape index (κ3) is 4.26. The van der Waals surface area contributed by atoms with Crippen molar-refractivity contribution in [3.05, 3.63) is 59.9 Å². The van der Waals surface area contributed by atoms with Gasteiger partial charge in [-0.3, -0.25) is 14.6 Å². The highest BCUT2D eigenvalue weighted by molar-refractivity contribution is 5.94. The summed E-state index contributed by atoms with van der Waals surface area (Å²) in [6, 6.07) is 7.45. The highest BCUT2D eigenvalue weighted by Crippen LogP contribution is 2.30. The van der Waals surface area contributed by atoms with Crippen LogP contribution in [0.2, 0.25) is 0 Å². The number of rotatable bonds is 5. The van der Waals surface area contributed by atoms with Gasteiger partial charge in [0.2, 0.25) is 0 Å². The number of carboxylic acids is 1. The summed E-state index contributed by atoms with van der Waals surface area (Å²) in [7, 11) is 0. The van der Waals surface area contributed by atoms with Crippen LogP contribution in [0.15, 0.2) is 42.7 Å². The minimum absolute atomic E-state index is 0.0500. The highest BCUT2D eigenvalue weighted by Gasteiger charge is 2.33. The topological polar surface area (TPSA) is 99.2 Å². The van der Waals surface area contributed by atoms with E-state index in [4.69, 9.17) is 0 Å². The third-order valence-corrected chi connectivity index (χ3v) is 5.47. The number of fused-ring (bicyclic) bond motifs is 1. The molecule has 2 N–H and O–H groups in total. The maximum atomic E-state index is 13.5. The fourth-order valence-electron chi connectivity index (χ4n) is 4.05. The van der Waals surface area contributed by atoms with Gasteiger partial charge in [0, 0.05) is 37.7 Å². The van der Waals surface area contributed by atoms with Gasteiger partial charge in [-0.25, -0.2) is 9.37 Å². The van der Waals surface area contributed by atoms with Crippen molar-refractivity contribution in [2.75, 3.05) is 13.1 Å². The first-order chi connectivity index (χ1) is 14.0. The van der Waals surface area contributed by atoms with Gasteiger partial charge in [-0.15, -0.1) is 0 Å². The van der Waals surface area contributed by atoms with Gasteiger partial charge in [0.1, 0.15) is 11.6 Å². The van der Waals surface area contributed by atoms with Crippen molar-refractivity contribution in [2.24, 2.45) is 11.8 Å². The number of pyridine rings is 1. The van der Waals surface area contributed by atoms with Crippen molar-refractivity contribution in [1.29, 1.82) is 0 Å². The van der Waals surface area contributed by atoms with Crippen LogP contribution >= 0.6 is 0 Å². The van der Waals surface area contributed by atoms with Gasteiger partial charge in [0.25, 0.3) is 5.91 Å². The van der Waals surface area contributed by atoms with Gasteiger partial charge < -0.3 is 15.0 Å². The number of benzene rings is 1. The van der Waals surface area contributed by atoms with E-state index in [1.165, 1.54) is 18.2 Å². The molecule has 0 saturated carbocycles. The second-order valence-electron chi connectivity index (χ2n) is 7.45. The number of aromatic amines is 1. The zero-order valence-corrected chi connectivity index (χ0v) is 15.7. The first-order valence-corrected chi connectivity index (χ1v) is 9.55. The van der Waals surface area contributed by atoms with E-state index in [0.29, 0.717) is 31.5 Å². The zero-order chi connectivity index (χ0) is 20.4. The quantitative estimate of drug-likeness (QED) is 0.691. The lowest BCUT2D eigenvalue weighted by Crippen LogP contribution is -2.45. The lowest BCUT2D eigenvalue weighted by atomic mass is 9.81. The van der Waals surface area contributed by atoms with E-state index in [0.717, 1.165) is 16.9 Å². The Hall–Kier alpha value is -3.29. The van der Waals surface area contributed by atoms with Crippen molar-refractivity contribution >= 4 is 22.9 Å². The number of halogens is 1. The first kappa shape index (κ1) is 19.0. The van der Waals surface area contributed by atoms with Crippen molar-refractivity contribution in [1.82, 2.24) is 19.9 Å². The Morgan fingerprint density at radius 2 is 2.14 bits per heavy atom. The summed E-state index contributed by atoms with van der Waals surface area (Å²) in [5, 5.41) is 9.29. The fraction of sp³-hybridized carbons (Fsp3) is 0.333. The number of aromatic nitrogens is 3. The van der Waals surface area contributed by atoms with Crippen LogP contribution in [0.5, 0.6) is 0 Å². The maximum Gasteiger partial charge on any atom is 0.303 e. The first-order valence-electron chi connectivity index (χ1n) is 9.55. The highest BCUT2D eigenvalue weighted by atomic mass is 19.1. The minimum Gasteiger partial charge on any atom is -0.481 e. The molecule has 29 heavy (non-hydrogen) atoms. The number of nitrogens with zero attached hydrogens (tertiary/aromatic N) is 3. The second kappa shape index (κ2) is 7.98. The van der Waals surface area contributed by atoms with Crippen LogP contribution < -0.4 is 0 Å². The SMILES string of the molecule is O=C(O)CC1CCN(C(=O)c2cccc(F)c2)CC1Cc1nc2ccncc2[nH]1. The maximum absolute atomic E-state index is 13.5. The van der Waals surface area contributed by atoms with E-state index in [-0.39, 0.29) is 24.2 Å². The number of carbonyl (C=O) groups excluding carboxylic acids is 1. The molecule has 1 fully saturated rings. The Balaban J connectivity index is 1.55. The summed E-state index contributed by atoms with van der Waals surface area (Å²) in [6.45, 7) is 0.858. The van der Waals surface area contributed by atoms with Crippen LogP contribution in [0, 0.1) is 17.7 Å². The number of likely N-dealkylation sites (tertiary alicyclic amines) is 1. The third-order valence-electron chi connectivity index (χ3n) is 5.47. The number of carbonyl (C=O) groups is 2. The molecule has 2 aromatic heterocycles. The standard InChI is InChI=1S/C21H21FN4O3/c22-16-3-1-2-14(8-16)21(29)26-7-5-13(10-20(27)28)15(12-26)9-19-24-17-4-6-23-11-18(17)25-19/h1-4,6,8,11,13,15H,5,7,9-10,12H2,(H,24,25)(H,27,28). The smallest absolute Gasteiger partial charge is 0.303 e. The molecule has 8 heteroatoms. The molecule has 2 unspecified atom stereocenters. The number of amides is 1. The number of imidazole rings is 1. The van der Waals surface area contributed by atoms with Crippen LogP contribution in [-0.2, 0) is 11.2 Å². The molecule has 0 bridgehead atoms. The lowest BCUT2D eigenvalue weighted by Gasteiger charge is -2.38. The molecule has 2 atom stereocenters. The molecular weight excluding hydrogens is 375 g/mol. The van der Waals surface area contributed by atoms with Crippen LogP contribution in [0.3, 0.4) is 0 Å². The second-order valence-corrected chi connectivity index (χ2v) is 7.45. The number of piperidine rings is 1. The molecule has 3 heterocycles. The Labute approximate surface area is 166 Å². The largest absolute Gasteiger partial charge is 0.481 e. The van der Waals surface area contributed by atoms with Crippen molar-refractivity contribution in [3.8, 4) is 0 Å². The number of hydrogen-bond acceptors (Lipinski definition) is 4. The van der Waals surface area contributed by atoms with E-state index >= 15 is 0 Å². The van der Waals surface area contributed by atoms with Crippen molar-refractivity contribution < 1.29 is 19.1 Å². The minimum atomic E-state index is -0.848. The van der Waals surface area contributed by atoms with E-state index in [1.807, 2.05) is 6.07 Å². The molecule has 3 aromatic rings. The predicted molar refractivity (Wildman–Crippen MR) is 104 cm³/mol. The number of aliphatic carboxylic acids is 1. The van der Waals surface area contributed by atoms with E-state index in [1.54, 1.807) is 23.4 Å². The van der Waals surface area contributed by atoms with Gasteiger partial charge >= 0.3 is 5.97 Å². The average Bonchev–Trinajstić information content (AvgIpc) is 3.11. The van der Waals surface area contributed by atoms with Gasteiger partial charge in [0.15, 0.2) is 0 Å². The van der Waals surface area contributed by atoms with Gasteiger partial charge in [-0.1, -0.05) is 6.07 Å². The van der Waals surface area contributed by atoms with Gasteiger partial charge in [0.05, 0.1) is 17.2 Å². The molecule has 1 aromatic carbocycles. The molecule has 1 saturated heterocycles. The number of hydrogen-bond donors (Lipinski definition) is 2. The number of carboxylic acid groups (broad SMARTS) is 1.